The van der Waals surface area contributed by atoms with Crippen LogP contribution >= 0.6 is 0 Å². The number of hydrogen-bond acceptors (Lipinski definition) is 3. The molecule has 19 heavy (non-hydrogen) atoms. The highest BCUT2D eigenvalue weighted by Gasteiger charge is 2.12. The molecule has 0 aliphatic heterocycles. The summed E-state index contributed by atoms with van der Waals surface area (Å²) in [4.78, 5) is 11.9. The fraction of sp³-hybridized carbons (Fsp3) is 0.533. The molecule has 1 atom stereocenters. The predicted molar refractivity (Wildman–Crippen MR) is 76.7 cm³/mol. The molecule has 0 saturated heterocycles. The molecule has 0 aliphatic carbocycles. The molecule has 1 rings (SSSR count). The molecule has 0 aromatic heterocycles. The molecule has 0 saturated carbocycles. The second-order valence-electron chi connectivity index (χ2n) is 4.63. The van der Waals surface area contributed by atoms with Gasteiger partial charge in [-0.15, -0.1) is 0 Å². The smallest absolute Gasteiger partial charge is 0.224 e. The molecule has 106 valence electrons. The van der Waals surface area contributed by atoms with Gasteiger partial charge in [-0.2, -0.15) is 0 Å². The minimum absolute atomic E-state index is 0.0189. The van der Waals surface area contributed by atoms with Gasteiger partial charge in [-0.05, 0) is 17.7 Å². The highest BCUT2D eigenvalue weighted by molar-refractivity contribution is 5.78. The molecular weight excluding hydrogens is 240 g/mol. The van der Waals surface area contributed by atoms with Crippen molar-refractivity contribution in [3.05, 3.63) is 35.4 Å². The quantitative estimate of drug-likeness (QED) is 0.751. The van der Waals surface area contributed by atoms with Crippen LogP contribution in [-0.2, 0) is 22.7 Å². The van der Waals surface area contributed by atoms with E-state index in [1.54, 1.807) is 7.11 Å². The number of carbonyl (C=O) groups is 1. The van der Waals surface area contributed by atoms with Crippen molar-refractivity contribution in [2.45, 2.75) is 27.0 Å². The summed E-state index contributed by atoms with van der Waals surface area (Å²) in [7, 11) is 1.67. The molecule has 1 aromatic carbocycles. The molecule has 0 fully saturated rings. The number of nitrogens with one attached hydrogen (secondary N) is 2. The highest BCUT2D eigenvalue weighted by Crippen LogP contribution is 2.09. The molecule has 0 heterocycles. The first kappa shape index (κ1) is 15.7. The van der Waals surface area contributed by atoms with Gasteiger partial charge in [-0.25, -0.2) is 0 Å². The average molecular weight is 264 g/mol. The Morgan fingerprint density at radius 2 is 2.00 bits per heavy atom. The largest absolute Gasteiger partial charge is 0.380 e. The summed E-state index contributed by atoms with van der Waals surface area (Å²) in [5.41, 5.74) is 2.22. The highest BCUT2D eigenvalue weighted by atomic mass is 16.5. The molecule has 4 nitrogen and oxygen atoms in total. The van der Waals surface area contributed by atoms with Crippen LogP contribution in [-0.4, -0.2) is 26.1 Å². The molecule has 0 aliphatic rings. The minimum atomic E-state index is -0.0189. The lowest BCUT2D eigenvalue weighted by molar-refractivity contribution is -0.124. The summed E-state index contributed by atoms with van der Waals surface area (Å²) in [6.07, 6.45) is 0. The van der Waals surface area contributed by atoms with Gasteiger partial charge >= 0.3 is 0 Å². The van der Waals surface area contributed by atoms with Gasteiger partial charge in [0.15, 0.2) is 0 Å². The second kappa shape index (κ2) is 8.67. The van der Waals surface area contributed by atoms with Crippen molar-refractivity contribution >= 4 is 5.91 Å². The molecule has 2 N–H and O–H groups in total. The molecule has 0 bridgehead atoms. The number of benzene rings is 1. The van der Waals surface area contributed by atoms with Gasteiger partial charge < -0.3 is 15.4 Å². The van der Waals surface area contributed by atoms with E-state index in [2.05, 4.69) is 10.6 Å². The Morgan fingerprint density at radius 1 is 1.32 bits per heavy atom. The molecular formula is C15H24N2O2. The van der Waals surface area contributed by atoms with Gasteiger partial charge in [0, 0.05) is 26.1 Å². The van der Waals surface area contributed by atoms with E-state index in [1.165, 1.54) is 0 Å². The lowest BCUT2D eigenvalue weighted by Gasteiger charge is -2.14. The van der Waals surface area contributed by atoms with E-state index >= 15 is 0 Å². The number of ether oxygens (including phenoxy) is 1. The van der Waals surface area contributed by atoms with Crippen molar-refractivity contribution in [1.82, 2.24) is 10.6 Å². The summed E-state index contributed by atoms with van der Waals surface area (Å²) < 4.78 is 5.15. The molecule has 4 heteroatoms. The van der Waals surface area contributed by atoms with Gasteiger partial charge in [0.1, 0.15) is 0 Å². The standard InChI is InChI=1S/C15H24N2O2/c1-4-16-9-12(2)15(18)17-10-13-7-5-6-8-14(13)11-19-3/h5-8,12,16H,4,9-11H2,1-3H3,(H,17,18). The van der Waals surface area contributed by atoms with Gasteiger partial charge in [0.25, 0.3) is 0 Å². The maximum Gasteiger partial charge on any atom is 0.224 e. The Kier molecular flexibility index (Phi) is 7.15. The van der Waals surface area contributed by atoms with Crippen molar-refractivity contribution < 1.29 is 9.53 Å². The van der Waals surface area contributed by atoms with Gasteiger partial charge in [-0.1, -0.05) is 38.1 Å². The van der Waals surface area contributed by atoms with E-state index in [-0.39, 0.29) is 11.8 Å². The molecule has 1 unspecified atom stereocenters. The normalized spacial score (nSPS) is 12.2. The first-order valence-corrected chi connectivity index (χ1v) is 6.73. The third kappa shape index (κ3) is 5.41. The number of carbonyl (C=O) groups excluding carboxylic acids is 1. The van der Waals surface area contributed by atoms with Crippen LogP contribution in [0, 0.1) is 5.92 Å². The van der Waals surface area contributed by atoms with Crippen LogP contribution in [0.3, 0.4) is 0 Å². The van der Waals surface area contributed by atoms with Crippen LogP contribution in [0.2, 0.25) is 0 Å². The Hall–Kier alpha value is -1.39. The van der Waals surface area contributed by atoms with E-state index in [9.17, 15) is 4.79 Å². The maximum atomic E-state index is 11.9. The van der Waals surface area contributed by atoms with Crippen LogP contribution in [0.1, 0.15) is 25.0 Å². The zero-order chi connectivity index (χ0) is 14.1. The first-order valence-electron chi connectivity index (χ1n) is 6.73. The maximum absolute atomic E-state index is 11.9. The third-order valence-corrected chi connectivity index (χ3v) is 3.02. The minimum Gasteiger partial charge on any atom is -0.380 e. The summed E-state index contributed by atoms with van der Waals surface area (Å²) in [5, 5.41) is 6.15. The van der Waals surface area contributed by atoms with Crippen molar-refractivity contribution in [1.29, 1.82) is 0 Å². The number of rotatable bonds is 8. The van der Waals surface area contributed by atoms with E-state index in [0.29, 0.717) is 19.7 Å². The van der Waals surface area contributed by atoms with E-state index < -0.39 is 0 Å². The fourth-order valence-electron chi connectivity index (χ4n) is 1.84. The van der Waals surface area contributed by atoms with Gasteiger partial charge in [0.05, 0.1) is 6.61 Å². The SMILES string of the molecule is CCNCC(C)C(=O)NCc1ccccc1COC. The van der Waals surface area contributed by atoms with Crippen molar-refractivity contribution in [3.63, 3.8) is 0 Å². The Labute approximate surface area is 115 Å². The van der Waals surface area contributed by atoms with Crippen LogP contribution in [0.25, 0.3) is 0 Å². The van der Waals surface area contributed by atoms with Crippen LogP contribution in [0.15, 0.2) is 24.3 Å². The second-order valence-corrected chi connectivity index (χ2v) is 4.63. The van der Waals surface area contributed by atoms with Crippen LogP contribution in [0.5, 0.6) is 0 Å². The van der Waals surface area contributed by atoms with Crippen molar-refractivity contribution in [3.8, 4) is 0 Å². The molecule has 0 spiro atoms. The lowest BCUT2D eigenvalue weighted by Crippen LogP contribution is -2.35. The average Bonchev–Trinajstić information content (AvgIpc) is 2.43. The van der Waals surface area contributed by atoms with Crippen molar-refractivity contribution in [2.75, 3.05) is 20.2 Å². The van der Waals surface area contributed by atoms with Gasteiger partial charge in [0.2, 0.25) is 5.91 Å². The monoisotopic (exact) mass is 264 g/mol. The van der Waals surface area contributed by atoms with Gasteiger partial charge in [-0.3, -0.25) is 4.79 Å². The summed E-state index contributed by atoms with van der Waals surface area (Å²) in [6.45, 7) is 6.68. The first-order chi connectivity index (χ1) is 9.19. The van der Waals surface area contributed by atoms with Crippen molar-refractivity contribution in [2.24, 2.45) is 5.92 Å². The fourth-order valence-corrected chi connectivity index (χ4v) is 1.84. The molecule has 0 radical (unpaired) electrons. The molecule has 1 amide bonds. The summed E-state index contributed by atoms with van der Waals surface area (Å²) in [5.74, 6) is 0.0581. The van der Waals surface area contributed by atoms with E-state index in [1.807, 2.05) is 38.1 Å². The number of hydrogen-bond donors (Lipinski definition) is 2. The summed E-state index contributed by atoms with van der Waals surface area (Å²) >= 11 is 0. The Morgan fingerprint density at radius 3 is 2.63 bits per heavy atom. The number of amides is 1. The lowest BCUT2D eigenvalue weighted by atomic mass is 10.1. The molecule has 1 aromatic rings. The Bertz CT molecular complexity index is 393. The van der Waals surface area contributed by atoms with E-state index in [0.717, 1.165) is 17.7 Å². The van der Waals surface area contributed by atoms with Crippen LogP contribution < -0.4 is 10.6 Å². The zero-order valence-electron chi connectivity index (χ0n) is 12.0. The summed E-state index contributed by atoms with van der Waals surface area (Å²) in [6, 6.07) is 7.99. The van der Waals surface area contributed by atoms with Crippen LogP contribution in [0.4, 0.5) is 0 Å². The third-order valence-electron chi connectivity index (χ3n) is 3.02. The predicted octanol–water partition coefficient (Wildman–Crippen LogP) is 1.69. The Balaban J connectivity index is 2.49. The topological polar surface area (TPSA) is 50.4 Å². The number of methoxy groups -OCH3 is 1. The zero-order valence-corrected chi connectivity index (χ0v) is 12.0. The van der Waals surface area contributed by atoms with E-state index in [4.69, 9.17) is 4.74 Å².